The fraction of sp³-hybridized carbons (Fsp3) is 0.467. The van der Waals surface area contributed by atoms with Crippen LogP contribution in [-0.2, 0) is 4.65 Å². The summed E-state index contributed by atoms with van der Waals surface area (Å²) in [6.07, 6.45) is 1.80. The average molecular weight is 262 g/mol. The molecule has 0 aliphatic heterocycles. The van der Waals surface area contributed by atoms with E-state index in [-0.39, 0.29) is 0 Å². The molecule has 0 spiro atoms. The molecule has 0 saturated carbocycles. The van der Waals surface area contributed by atoms with Crippen LogP contribution < -0.4 is 0 Å². The molecule has 104 valence electrons. The summed E-state index contributed by atoms with van der Waals surface area (Å²) in [4.78, 5) is 0. The molecular formula is C15H23BO3. The summed E-state index contributed by atoms with van der Waals surface area (Å²) in [5.41, 5.74) is 0.284. The first-order valence-electron chi connectivity index (χ1n) is 6.45. The topological polar surface area (TPSA) is 49.7 Å². The van der Waals surface area contributed by atoms with Crippen molar-refractivity contribution in [2.24, 2.45) is 0 Å². The fourth-order valence-electron chi connectivity index (χ4n) is 1.45. The van der Waals surface area contributed by atoms with Gasteiger partial charge in [0.05, 0.1) is 11.2 Å². The lowest BCUT2D eigenvalue weighted by molar-refractivity contribution is -0.0984. The smallest absolute Gasteiger partial charge is 0.423 e. The Hall–Kier alpha value is -1.10. The van der Waals surface area contributed by atoms with Gasteiger partial charge in [-0.2, -0.15) is 0 Å². The highest BCUT2D eigenvalue weighted by Crippen LogP contribution is 2.25. The minimum absolute atomic E-state index is 0.844. The number of hydrogen-bond donors (Lipinski definition) is 2. The van der Waals surface area contributed by atoms with Crippen LogP contribution in [0.4, 0.5) is 0 Å². The van der Waals surface area contributed by atoms with Crippen molar-refractivity contribution in [2.45, 2.75) is 45.8 Å². The maximum atomic E-state index is 9.96. The molecule has 0 aromatic heterocycles. The molecule has 0 fully saturated rings. The molecule has 0 aliphatic carbocycles. The molecule has 4 heteroatoms. The number of aryl methyl sites for hydroxylation is 1. The Balaban J connectivity index is 2.68. The van der Waals surface area contributed by atoms with E-state index in [1.165, 1.54) is 0 Å². The van der Waals surface area contributed by atoms with Crippen LogP contribution in [0.2, 0.25) is 0 Å². The fourth-order valence-corrected chi connectivity index (χ4v) is 1.45. The van der Waals surface area contributed by atoms with Gasteiger partial charge in [-0.1, -0.05) is 41.9 Å². The summed E-state index contributed by atoms with van der Waals surface area (Å²) in [6, 6.07) is 7.95. The number of hydrogen-bond acceptors (Lipinski definition) is 3. The zero-order valence-electron chi connectivity index (χ0n) is 12.3. The third-order valence-corrected chi connectivity index (χ3v) is 3.38. The molecule has 0 heterocycles. The van der Waals surface area contributed by atoms with Gasteiger partial charge in [-0.15, -0.1) is 0 Å². The second kappa shape index (κ2) is 5.91. The average Bonchev–Trinajstić information content (AvgIpc) is 2.24. The van der Waals surface area contributed by atoms with Crippen molar-refractivity contribution in [3.63, 3.8) is 0 Å². The Bertz CT molecular complexity index is 447. The van der Waals surface area contributed by atoms with Crippen molar-refractivity contribution < 1.29 is 14.8 Å². The number of rotatable bonds is 5. The zero-order valence-corrected chi connectivity index (χ0v) is 12.3. The second-order valence-corrected chi connectivity index (χ2v) is 5.85. The Labute approximate surface area is 116 Å². The summed E-state index contributed by atoms with van der Waals surface area (Å²) < 4.78 is 5.47. The second-order valence-electron chi connectivity index (χ2n) is 5.85. The predicted octanol–water partition coefficient (Wildman–Crippen LogP) is 2.59. The summed E-state index contributed by atoms with van der Waals surface area (Å²) in [5, 5.41) is 19.8. The van der Waals surface area contributed by atoms with E-state index in [9.17, 15) is 10.1 Å². The molecule has 1 aromatic rings. The Morgan fingerprint density at radius 3 is 2.37 bits per heavy atom. The molecule has 0 saturated heterocycles. The highest BCUT2D eigenvalue weighted by molar-refractivity contribution is 6.50. The zero-order chi connectivity index (χ0) is 14.7. The SMILES string of the molecule is Cc1cccc(/C=C/B(O)OC(C)(C)C(C)(C)O)c1. The van der Waals surface area contributed by atoms with Crippen molar-refractivity contribution in [3.05, 3.63) is 41.4 Å². The van der Waals surface area contributed by atoms with Crippen molar-refractivity contribution >= 4 is 13.2 Å². The molecule has 0 unspecified atom stereocenters. The lowest BCUT2D eigenvalue weighted by Crippen LogP contribution is -2.50. The van der Waals surface area contributed by atoms with Crippen LogP contribution in [0.5, 0.6) is 0 Å². The van der Waals surface area contributed by atoms with E-state index >= 15 is 0 Å². The van der Waals surface area contributed by atoms with E-state index in [2.05, 4.69) is 0 Å². The van der Waals surface area contributed by atoms with Crippen molar-refractivity contribution in [3.8, 4) is 0 Å². The number of benzene rings is 1. The van der Waals surface area contributed by atoms with E-state index in [1.807, 2.05) is 31.2 Å². The Morgan fingerprint density at radius 2 is 1.84 bits per heavy atom. The van der Waals surface area contributed by atoms with Gasteiger partial charge in [0.15, 0.2) is 0 Å². The first-order valence-corrected chi connectivity index (χ1v) is 6.45. The monoisotopic (exact) mass is 262 g/mol. The maximum absolute atomic E-state index is 9.96. The van der Waals surface area contributed by atoms with Crippen LogP contribution in [0.3, 0.4) is 0 Å². The Morgan fingerprint density at radius 1 is 1.21 bits per heavy atom. The molecule has 0 radical (unpaired) electrons. The molecular weight excluding hydrogens is 239 g/mol. The molecule has 0 bridgehead atoms. The van der Waals surface area contributed by atoms with Crippen LogP contribution in [-0.4, -0.2) is 28.5 Å². The summed E-state index contributed by atoms with van der Waals surface area (Å²) in [7, 11) is -1.05. The van der Waals surface area contributed by atoms with Crippen molar-refractivity contribution in [2.75, 3.05) is 0 Å². The predicted molar refractivity (Wildman–Crippen MR) is 79.6 cm³/mol. The maximum Gasteiger partial charge on any atom is 0.483 e. The summed E-state index contributed by atoms with van der Waals surface area (Å²) in [5.74, 6) is 1.57. The quantitative estimate of drug-likeness (QED) is 0.802. The minimum Gasteiger partial charge on any atom is -0.423 e. The van der Waals surface area contributed by atoms with Crippen LogP contribution in [0.15, 0.2) is 30.2 Å². The molecule has 1 aromatic carbocycles. The van der Waals surface area contributed by atoms with Crippen LogP contribution in [0.1, 0.15) is 38.8 Å². The van der Waals surface area contributed by atoms with Gasteiger partial charge in [0.2, 0.25) is 0 Å². The van der Waals surface area contributed by atoms with Gasteiger partial charge in [0.1, 0.15) is 0 Å². The molecule has 1 rings (SSSR count). The molecule has 0 atom stereocenters. The first kappa shape index (κ1) is 16.0. The van der Waals surface area contributed by atoms with E-state index in [4.69, 9.17) is 4.65 Å². The molecule has 3 nitrogen and oxygen atoms in total. The van der Waals surface area contributed by atoms with Crippen molar-refractivity contribution in [1.82, 2.24) is 0 Å². The lowest BCUT2D eigenvalue weighted by atomic mass is 9.82. The van der Waals surface area contributed by atoms with Crippen LogP contribution in [0, 0.1) is 6.92 Å². The highest BCUT2D eigenvalue weighted by atomic mass is 16.5. The normalized spacial score (nSPS) is 13.0. The third-order valence-electron chi connectivity index (χ3n) is 3.38. The van der Waals surface area contributed by atoms with Gasteiger partial charge in [0, 0.05) is 0 Å². The van der Waals surface area contributed by atoms with E-state index in [0.29, 0.717) is 0 Å². The van der Waals surface area contributed by atoms with Gasteiger partial charge >= 0.3 is 7.12 Å². The lowest BCUT2D eigenvalue weighted by Gasteiger charge is -2.38. The molecule has 2 N–H and O–H groups in total. The minimum atomic E-state index is -1.05. The van der Waals surface area contributed by atoms with Gasteiger partial charge < -0.3 is 14.8 Å². The summed E-state index contributed by atoms with van der Waals surface area (Å²) in [6.45, 7) is 8.82. The third kappa shape index (κ3) is 4.82. The van der Waals surface area contributed by atoms with E-state index in [1.54, 1.807) is 39.7 Å². The molecule has 19 heavy (non-hydrogen) atoms. The van der Waals surface area contributed by atoms with Gasteiger partial charge in [0.25, 0.3) is 0 Å². The highest BCUT2D eigenvalue weighted by Gasteiger charge is 2.38. The first-order chi connectivity index (χ1) is 8.62. The largest absolute Gasteiger partial charge is 0.483 e. The van der Waals surface area contributed by atoms with Gasteiger partial charge in [-0.25, -0.2) is 0 Å². The van der Waals surface area contributed by atoms with Crippen molar-refractivity contribution in [1.29, 1.82) is 0 Å². The summed E-state index contributed by atoms with van der Waals surface area (Å²) >= 11 is 0. The number of aliphatic hydroxyl groups is 1. The van der Waals surface area contributed by atoms with E-state index in [0.717, 1.165) is 11.1 Å². The van der Waals surface area contributed by atoms with Crippen LogP contribution in [0.25, 0.3) is 6.08 Å². The molecule has 0 amide bonds. The van der Waals surface area contributed by atoms with Gasteiger partial charge in [-0.05, 0) is 40.2 Å². The van der Waals surface area contributed by atoms with Gasteiger partial charge in [-0.3, -0.25) is 0 Å². The Kier molecular flexibility index (Phi) is 4.96. The van der Waals surface area contributed by atoms with Crippen LogP contribution >= 0.6 is 0 Å². The van der Waals surface area contributed by atoms with E-state index < -0.39 is 18.3 Å². The molecule has 0 aliphatic rings. The standard InChI is InChI=1S/C15H23BO3/c1-12-7-6-8-13(11-12)9-10-16(18)19-15(4,5)14(2,3)17/h6-11,17-18H,1-5H3/b10-9+.